The Labute approximate surface area is 220 Å². The van der Waals surface area contributed by atoms with E-state index in [1.165, 1.54) is 39.0 Å². The van der Waals surface area contributed by atoms with Crippen LogP contribution in [0.1, 0.15) is 44.3 Å². The molecule has 0 unspecified atom stereocenters. The first-order valence-corrected chi connectivity index (χ1v) is 13.4. The zero-order valence-electron chi connectivity index (χ0n) is 22.0. The van der Waals surface area contributed by atoms with Gasteiger partial charge in [0.15, 0.2) is 0 Å². The molecule has 1 aliphatic carbocycles. The Kier molecular flexibility index (Phi) is 7.72. The Balaban J connectivity index is 1.37. The van der Waals surface area contributed by atoms with Gasteiger partial charge in [0, 0.05) is 56.1 Å². The predicted molar refractivity (Wildman–Crippen MR) is 151 cm³/mol. The maximum Gasteiger partial charge on any atom is 0.150 e. The van der Waals surface area contributed by atoms with Gasteiger partial charge in [0.25, 0.3) is 0 Å². The SMILES string of the molecule is C=C/C=C(\C=C/C)Oc1ccc(-c2nc(C3CCC(N4CCN(C)CC4)CC3)n3ccnc(N)c23)cc1. The molecule has 1 aromatic carbocycles. The number of likely N-dealkylation sites (N-methyl/N-ethyl adjacent to an activating group) is 1. The van der Waals surface area contributed by atoms with E-state index in [1.54, 1.807) is 12.3 Å². The van der Waals surface area contributed by atoms with Gasteiger partial charge >= 0.3 is 0 Å². The molecule has 0 amide bonds. The molecule has 7 heteroatoms. The van der Waals surface area contributed by atoms with Gasteiger partial charge in [-0.05, 0) is 76.1 Å². The molecule has 37 heavy (non-hydrogen) atoms. The highest BCUT2D eigenvalue weighted by Gasteiger charge is 2.31. The summed E-state index contributed by atoms with van der Waals surface area (Å²) in [4.78, 5) is 14.7. The van der Waals surface area contributed by atoms with Gasteiger partial charge in [0.2, 0.25) is 0 Å². The average Bonchev–Trinajstić information content (AvgIpc) is 3.31. The summed E-state index contributed by atoms with van der Waals surface area (Å²) >= 11 is 0. The lowest BCUT2D eigenvalue weighted by atomic mass is 9.84. The minimum atomic E-state index is 0.418. The number of piperazine rings is 1. The summed E-state index contributed by atoms with van der Waals surface area (Å²) in [5.41, 5.74) is 9.16. The number of benzene rings is 1. The number of anilines is 1. The number of aromatic nitrogens is 3. The lowest BCUT2D eigenvalue weighted by molar-refractivity contribution is 0.0872. The molecule has 3 aromatic rings. The standard InChI is InChI=1S/C30H38N6O/c1-4-6-25(7-5-2)37-26-14-10-22(11-15-26)27-28-29(31)32-16-17-36(28)30(33-27)23-8-12-24(13-9-23)35-20-18-34(3)19-21-35/h4-7,10-11,14-17,23-24H,1,8-9,12-13,18-21H2,2-3H3,(H2,31,32)/b7-5-,25-6+. The molecule has 1 saturated carbocycles. The third-order valence-electron chi connectivity index (χ3n) is 7.70. The molecule has 0 radical (unpaired) electrons. The van der Waals surface area contributed by atoms with E-state index in [1.807, 2.05) is 55.6 Å². The maximum absolute atomic E-state index is 6.40. The third-order valence-corrected chi connectivity index (χ3v) is 7.70. The number of imidazole rings is 1. The van der Waals surface area contributed by atoms with Crippen LogP contribution in [0.5, 0.6) is 5.75 Å². The Morgan fingerprint density at radius 3 is 2.49 bits per heavy atom. The van der Waals surface area contributed by atoms with E-state index in [4.69, 9.17) is 15.5 Å². The molecule has 2 fully saturated rings. The first-order valence-electron chi connectivity index (χ1n) is 13.4. The number of hydrogen-bond acceptors (Lipinski definition) is 6. The summed E-state index contributed by atoms with van der Waals surface area (Å²) in [7, 11) is 2.22. The highest BCUT2D eigenvalue weighted by atomic mass is 16.5. The van der Waals surface area contributed by atoms with E-state index in [0.717, 1.165) is 46.9 Å². The summed E-state index contributed by atoms with van der Waals surface area (Å²) in [5.74, 6) is 3.52. The fraction of sp³-hybridized carbons (Fsp3) is 0.400. The van der Waals surface area contributed by atoms with E-state index >= 15 is 0 Å². The van der Waals surface area contributed by atoms with Gasteiger partial charge in [-0.2, -0.15) is 0 Å². The summed E-state index contributed by atoms with van der Waals surface area (Å²) in [6, 6.07) is 8.71. The van der Waals surface area contributed by atoms with Crippen molar-refractivity contribution in [2.45, 2.75) is 44.6 Å². The molecule has 0 bridgehead atoms. The second kappa shape index (κ2) is 11.3. The fourth-order valence-electron chi connectivity index (χ4n) is 5.68. The van der Waals surface area contributed by atoms with Crippen LogP contribution in [0, 0.1) is 0 Å². The second-order valence-corrected chi connectivity index (χ2v) is 10.1. The van der Waals surface area contributed by atoms with Crippen molar-refractivity contribution < 1.29 is 4.74 Å². The van der Waals surface area contributed by atoms with Gasteiger partial charge in [-0.15, -0.1) is 0 Å². The van der Waals surface area contributed by atoms with Gasteiger partial charge in [0.1, 0.15) is 34.4 Å². The molecule has 3 heterocycles. The van der Waals surface area contributed by atoms with Gasteiger partial charge in [-0.3, -0.25) is 9.30 Å². The molecule has 2 N–H and O–H groups in total. The van der Waals surface area contributed by atoms with Crippen LogP contribution in [0.25, 0.3) is 16.8 Å². The van der Waals surface area contributed by atoms with Crippen molar-refractivity contribution >= 4 is 11.3 Å². The number of hydrogen-bond donors (Lipinski definition) is 1. The summed E-state index contributed by atoms with van der Waals surface area (Å²) in [6.45, 7) is 10.4. The summed E-state index contributed by atoms with van der Waals surface area (Å²) in [5, 5.41) is 0. The first-order chi connectivity index (χ1) is 18.1. The summed E-state index contributed by atoms with van der Waals surface area (Å²) in [6.07, 6.45) is 15.9. The number of nitrogens with zero attached hydrogens (tertiary/aromatic N) is 5. The van der Waals surface area contributed by atoms with Crippen molar-refractivity contribution in [1.29, 1.82) is 0 Å². The quantitative estimate of drug-likeness (QED) is 0.353. The van der Waals surface area contributed by atoms with Gasteiger partial charge < -0.3 is 15.4 Å². The molecule has 2 aliphatic rings. The Morgan fingerprint density at radius 1 is 1.08 bits per heavy atom. The van der Waals surface area contributed by atoms with Crippen LogP contribution in [-0.4, -0.2) is 63.4 Å². The molecule has 1 saturated heterocycles. The van der Waals surface area contributed by atoms with Gasteiger partial charge in [-0.25, -0.2) is 9.97 Å². The van der Waals surface area contributed by atoms with Crippen LogP contribution in [-0.2, 0) is 0 Å². The van der Waals surface area contributed by atoms with E-state index in [2.05, 4.69) is 32.8 Å². The van der Waals surface area contributed by atoms with Crippen LogP contribution in [0.3, 0.4) is 0 Å². The van der Waals surface area contributed by atoms with Gasteiger partial charge in [0.05, 0.1) is 0 Å². The zero-order valence-corrected chi connectivity index (χ0v) is 22.0. The molecule has 2 aromatic heterocycles. The topological polar surface area (TPSA) is 71.9 Å². The first kappa shape index (κ1) is 25.2. The fourth-order valence-corrected chi connectivity index (χ4v) is 5.68. The number of fused-ring (bicyclic) bond motifs is 1. The van der Waals surface area contributed by atoms with Crippen LogP contribution in [0.15, 0.2) is 73.3 Å². The van der Waals surface area contributed by atoms with Crippen molar-refractivity contribution in [3.8, 4) is 17.0 Å². The minimum absolute atomic E-state index is 0.418. The van der Waals surface area contributed by atoms with Crippen molar-refractivity contribution in [3.05, 3.63) is 79.1 Å². The zero-order chi connectivity index (χ0) is 25.8. The minimum Gasteiger partial charge on any atom is -0.457 e. The monoisotopic (exact) mass is 498 g/mol. The highest BCUT2D eigenvalue weighted by Crippen LogP contribution is 2.38. The lowest BCUT2D eigenvalue weighted by Crippen LogP contribution is -2.49. The summed E-state index contributed by atoms with van der Waals surface area (Å²) < 4.78 is 8.16. The average molecular weight is 499 g/mol. The number of nitrogens with two attached hydrogens (primary N) is 1. The number of ether oxygens (including phenoxy) is 1. The normalized spacial score (nSPS) is 22.1. The second-order valence-electron chi connectivity index (χ2n) is 10.1. The van der Waals surface area contributed by atoms with Crippen LogP contribution < -0.4 is 10.5 Å². The third kappa shape index (κ3) is 5.48. The van der Waals surface area contributed by atoms with E-state index in [0.29, 0.717) is 17.8 Å². The van der Waals surface area contributed by atoms with E-state index < -0.39 is 0 Å². The van der Waals surface area contributed by atoms with Gasteiger partial charge in [-0.1, -0.05) is 18.7 Å². The number of allylic oxidation sites excluding steroid dienone is 4. The highest BCUT2D eigenvalue weighted by molar-refractivity contribution is 5.85. The molecule has 7 nitrogen and oxygen atoms in total. The Hall–Kier alpha value is -3.42. The largest absolute Gasteiger partial charge is 0.457 e. The van der Waals surface area contributed by atoms with Crippen molar-refractivity contribution in [2.75, 3.05) is 39.0 Å². The molecule has 0 atom stereocenters. The van der Waals surface area contributed by atoms with Crippen LogP contribution in [0.4, 0.5) is 5.82 Å². The maximum atomic E-state index is 6.40. The molecule has 0 spiro atoms. The Bertz CT molecular complexity index is 1280. The number of nitrogen functional groups attached to an aromatic ring is 1. The van der Waals surface area contributed by atoms with E-state index in [-0.39, 0.29) is 0 Å². The van der Waals surface area contributed by atoms with Crippen LogP contribution in [0.2, 0.25) is 0 Å². The van der Waals surface area contributed by atoms with Crippen LogP contribution >= 0.6 is 0 Å². The van der Waals surface area contributed by atoms with Crippen molar-refractivity contribution in [1.82, 2.24) is 24.2 Å². The molecule has 1 aliphatic heterocycles. The van der Waals surface area contributed by atoms with E-state index in [9.17, 15) is 0 Å². The lowest BCUT2D eigenvalue weighted by Gasteiger charge is -2.41. The predicted octanol–water partition coefficient (Wildman–Crippen LogP) is 5.28. The number of rotatable bonds is 7. The van der Waals surface area contributed by atoms with Crippen molar-refractivity contribution in [2.24, 2.45) is 0 Å². The Morgan fingerprint density at radius 2 is 1.81 bits per heavy atom. The molecular weight excluding hydrogens is 460 g/mol. The molecular formula is C30H38N6O. The molecule has 5 rings (SSSR count). The molecule has 194 valence electrons. The van der Waals surface area contributed by atoms with Crippen molar-refractivity contribution in [3.63, 3.8) is 0 Å². The smallest absolute Gasteiger partial charge is 0.150 e.